The van der Waals surface area contributed by atoms with E-state index < -0.39 is 12.0 Å². The van der Waals surface area contributed by atoms with E-state index in [0.29, 0.717) is 11.3 Å². The number of nitrogens with zero attached hydrogens (tertiary/aromatic N) is 2. The lowest BCUT2D eigenvalue weighted by Gasteiger charge is -2.47. The Balaban J connectivity index is 1.75. The van der Waals surface area contributed by atoms with Crippen LogP contribution in [0.4, 0.5) is 0 Å². The third-order valence-electron chi connectivity index (χ3n) is 4.66. The minimum absolute atomic E-state index is 0.0846. The number of fused-ring (bicyclic) bond motifs is 1. The fraction of sp³-hybridized carbons (Fsp3) is 0.600. The van der Waals surface area contributed by atoms with Gasteiger partial charge in [0.05, 0.1) is 26.8 Å². The molecule has 0 radical (unpaired) electrons. The molecule has 8 heteroatoms. The predicted octanol–water partition coefficient (Wildman–Crippen LogP) is -0.399. The number of allylic oxidation sites excluding steroid dienone is 1. The molecule has 7 nitrogen and oxygen atoms in total. The number of carbonyl (C=O) groups is 2. The second-order valence-corrected chi connectivity index (χ2v) is 7.48. The Morgan fingerprint density at radius 2 is 2.22 bits per heavy atom. The van der Waals surface area contributed by atoms with Gasteiger partial charge in [0, 0.05) is 5.75 Å². The number of morpholine rings is 1. The summed E-state index contributed by atoms with van der Waals surface area (Å²) in [4.78, 5) is 24.8. The number of rotatable bonds is 4. The van der Waals surface area contributed by atoms with Crippen LogP contribution in [0.5, 0.6) is 0 Å². The van der Waals surface area contributed by atoms with Crippen LogP contribution in [0.25, 0.3) is 0 Å². The lowest BCUT2D eigenvalue weighted by molar-refractivity contribution is -0.911. The average molecular weight is 340 g/mol. The quantitative estimate of drug-likeness (QED) is 0.534. The SMILES string of the molecule is C[N+]1(C/C=C/C2=C(C(=O)O)N3C(=O)[C@@H](N)[C@H]3SC2)CCOCC1. The van der Waals surface area contributed by atoms with Gasteiger partial charge in [0.15, 0.2) is 0 Å². The van der Waals surface area contributed by atoms with Crippen molar-refractivity contribution in [1.29, 1.82) is 0 Å². The summed E-state index contributed by atoms with van der Waals surface area (Å²) in [7, 11) is 2.17. The average Bonchev–Trinajstić information content (AvgIpc) is 2.53. The molecule has 1 amide bonds. The number of amides is 1. The molecule has 3 rings (SSSR count). The molecule has 126 valence electrons. The van der Waals surface area contributed by atoms with E-state index in [1.807, 2.05) is 12.2 Å². The number of nitrogens with two attached hydrogens (primary N) is 1. The van der Waals surface area contributed by atoms with Gasteiger partial charge < -0.3 is 20.1 Å². The largest absolute Gasteiger partial charge is 0.477 e. The molecule has 0 unspecified atom stereocenters. The number of aliphatic carboxylic acids is 1. The Hall–Kier alpha value is -1.35. The normalized spacial score (nSPS) is 30.3. The molecule has 0 aromatic rings. The highest BCUT2D eigenvalue weighted by Gasteiger charge is 2.51. The second-order valence-electron chi connectivity index (χ2n) is 6.38. The van der Waals surface area contributed by atoms with Crippen LogP contribution in [-0.2, 0) is 14.3 Å². The standard InChI is InChI=1S/C15H21N3O4S/c1-18(5-7-22-8-6-18)4-2-3-10-9-23-14-11(16)13(19)17(14)12(10)15(20)21/h2-3,11,14H,4-9,16H2,1H3/p+1/b3-2+/t11-,14-/m1/s1. The fourth-order valence-corrected chi connectivity index (χ4v) is 4.35. The van der Waals surface area contributed by atoms with Gasteiger partial charge in [-0.05, 0) is 11.6 Å². The summed E-state index contributed by atoms with van der Waals surface area (Å²) in [5.74, 6) is -0.813. The second kappa shape index (κ2) is 6.27. The monoisotopic (exact) mass is 340 g/mol. The zero-order chi connectivity index (χ0) is 16.6. The molecule has 0 saturated carbocycles. The van der Waals surface area contributed by atoms with Crippen LogP contribution in [0, 0.1) is 0 Å². The Labute approximate surface area is 139 Å². The first-order valence-corrected chi connectivity index (χ1v) is 8.72. The van der Waals surface area contributed by atoms with E-state index in [-0.39, 0.29) is 17.0 Å². The van der Waals surface area contributed by atoms with E-state index in [1.165, 1.54) is 16.7 Å². The molecular formula is C15H22N3O4S+. The number of carbonyl (C=O) groups excluding carboxylic acids is 1. The van der Waals surface area contributed by atoms with Gasteiger partial charge in [0.25, 0.3) is 0 Å². The maximum Gasteiger partial charge on any atom is 0.352 e. The first-order valence-electron chi connectivity index (χ1n) is 7.67. The van der Waals surface area contributed by atoms with Crippen molar-refractivity contribution >= 4 is 23.6 Å². The molecule has 3 heterocycles. The van der Waals surface area contributed by atoms with Gasteiger partial charge in [-0.2, -0.15) is 0 Å². The maximum absolute atomic E-state index is 11.9. The van der Waals surface area contributed by atoms with Crippen molar-refractivity contribution in [2.24, 2.45) is 5.73 Å². The van der Waals surface area contributed by atoms with Crippen LogP contribution in [0.1, 0.15) is 0 Å². The minimum atomic E-state index is -1.07. The Morgan fingerprint density at radius 3 is 2.87 bits per heavy atom. The van der Waals surface area contributed by atoms with Crippen molar-refractivity contribution in [3.8, 4) is 0 Å². The Kier molecular flexibility index (Phi) is 4.50. The zero-order valence-electron chi connectivity index (χ0n) is 13.1. The number of hydrogen-bond acceptors (Lipinski definition) is 5. The molecule has 2 fully saturated rings. The number of likely N-dealkylation sites (N-methyl/N-ethyl adjacent to an activating group) is 1. The molecule has 23 heavy (non-hydrogen) atoms. The molecule has 3 N–H and O–H groups in total. The first-order chi connectivity index (χ1) is 10.9. The van der Waals surface area contributed by atoms with Gasteiger partial charge in [-0.15, -0.1) is 11.8 Å². The number of carboxylic acids is 1. The summed E-state index contributed by atoms with van der Waals surface area (Å²) < 4.78 is 6.26. The molecule has 0 spiro atoms. The van der Waals surface area contributed by atoms with Gasteiger partial charge >= 0.3 is 5.97 Å². The first kappa shape index (κ1) is 16.5. The number of quaternary nitrogens is 1. The van der Waals surface area contributed by atoms with Gasteiger partial charge in [0.1, 0.15) is 30.2 Å². The highest BCUT2D eigenvalue weighted by atomic mass is 32.2. The number of β-lactam (4-membered cyclic amide) rings is 1. The van der Waals surface area contributed by atoms with Gasteiger partial charge in [-0.1, -0.05) is 6.08 Å². The van der Waals surface area contributed by atoms with Crippen LogP contribution < -0.4 is 5.73 Å². The Bertz CT molecular complexity index is 583. The van der Waals surface area contributed by atoms with Gasteiger partial charge in [-0.25, -0.2) is 4.79 Å². The molecule has 2 saturated heterocycles. The molecule has 2 atom stereocenters. The van der Waals surface area contributed by atoms with Crippen molar-refractivity contribution in [3.63, 3.8) is 0 Å². The van der Waals surface area contributed by atoms with Gasteiger partial charge in [-0.3, -0.25) is 9.69 Å². The van der Waals surface area contributed by atoms with E-state index in [1.54, 1.807) is 0 Å². The Morgan fingerprint density at radius 1 is 1.52 bits per heavy atom. The number of ether oxygens (including phenoxy) is 1. The van der Waals surface area contributed by atoms with Gasteiger partial charge in [0.2, 0.25) is 5.91 Å². The van der Waals surface area contributed by atoms with E-state index in [0.717, 1.165) is 37.3 Å². The topological polar surface area (TPSA) is 92.9 Å². The highest BCUT2D eigenvalue weighted by molar-refractivity contribution is 8.00. The molecular weight excluding hydrogens is 318 g/mol. The minimum Gasteiger partial charge on any atom is -0.477 e. The van der Waals surface area contributed by atoms with Crippen LogP contribution in [-0.4, -0.2) is 83.4 Å². The molecule has 0 aromatic carbocycles. The fourth-order valence-electron chi connectivity index (χ4n) is 3.08. The molecule has 3 aliphatic heterocycles. The summed E-state index contributed by atoms with van der Waals surface area (Å²) in [5, 5.41) is 9.24. The summed E-state index contributed by atoms with van der Waals surface area (Å²) in [6.45, 7) is 4.23. The van der Waals surface area contributed by atoms with E-state index in [2.05, 4.69) is 7.05 Å². The molecule has 0 aliphatic carbocycles. The van der Waals surface area contributed by atoms with Crippen molar-refractivity contribution < 1.29 is 23.9 Å². The van der Waals surface area contributed by atoms with E-state index in [4.69, 9.17) is 10.5 Å². The maximum atomic E-state index is 11.9. The predicted molar refractivity (Wildman–Crippen MR) is 86.5 cm³/mol. The number of carboxylic acid groups (broad SMARTS) is 1. The molecule has 3 aliphatic rings. The summed E-state index contributed by atoms with van der Waals surface area (Å²) >= 11 is 1.52. The number of thioether (sulfide) groups is 1. The summed E-state index contributed by atoms with van der Waals surface area (Å²) in [6.07, 6.45) is 3.86. The van der Waals surface area contributed by atoms with Crippen LogP contribution in [0.15, 0.2) is 23.4 Å². The van der Waals surface area contributed by atoms with Crippen LogP contribution in [0.3, 0.4) is 0 Å². The lowest BCUT2D eigenvalue weighted by Crippen LogP contribution is -2.68. The number of hydrogen-bond donors (Lipinski definition) is 2. The van der Waals surface area contributed by atoms with Crippen LogP contribution >= 0.6 is 11.8 Å². The summed E-state index contributed by atoms with van der Waals surface area (Å²) in [5.41, 5.74) is 6.50. The van der Waals surface area contributed by atoms with Crippen molar-refractivity contribution in [1.82, 2.24) is 4.90 Å². The van der Waals surface area contributed by atoms with Crippen LogP contribution in [0.2, 0.25) is 0 Å². The van der Waals surface area contributed by atoms with E-state index >= 15 is 0 Å². The summed E-state index contributed by atoms with van der Waals surface area (Å²) in [6, 6.07) is -0.585. The van der Waals surface area contributed by atoms with E-state index in [9.17, 15) is 14.7 Å². The third-order valence-corrected chi connectivity index (χ3v) is 5.98. The van der Waals surface area contributed by atoms with Crippen molar-refractivity contribution in [2.75, 3.05) is 45.6 Å². The zero-order valence-corrected chi connectivity index (χ0v) is 13.9. The molecule has 0 aromatic heterocycles. The smallest absolute Gasteiger partial charge is 0.352 e. The lowest BCUT2D eigenvalue weighted by atomic mass is 10.0. The third kappa shape index (κ3) is 3.03. The molecule has 0 bridgehead atoms. The van der Waals surface area contributed by atoms with Crippen molar-refractivity contribution in [3.05, 3.63) is 23.4 Å². The van der Waals surface area contributed by atoms with Crippen molar-refractivity contribution in [2.45, 2.75) is 11.4 Å². The highest BCUT2D eigenvalue weighted by Crippen LogP contribution is 2.39.